The van der Waals surface area contributed by atoms with Crippen LogP contribution in [0.5, 0.6) is 0 Å². The first kappa shape index (κ1) is 19.8. The molecule has 0 radical (unpaired) electrons. The fourth-order valence-electron chi connectivity index (χ4n) is 4.66. The molecule has 3 heterocycles. The molecule has 3 aliphatic heterocycles. The van der Waals surface area contributed by atoms with Gasteiger partial charge in [0, 0.05) is 13.1 Å². The maximum atomic E-state index is 13.1. The molecule has 0 N–H and O–H groups in total. The van der Waals surface area contributed by atoms with Crippen molar-refractivity contribution in [1.29, 1.82) is 0 Å². The summed E-state index contributed by atoms with van der Waals surface area (Å²) in [6.07, 6.45) is 2.66. The summed E-state index contributed by atoms with van der Waals surface area (Å²) >= 11 is 1.59. The average molecular weight is 415 g/mol. The summed E-state index contributed by atoms with van der Waals surface area (Å²) in [7, 11) is 0. The number of aliphatic imine (C=N–C) groups is 1. The number of fused-ring (bicyclic) bond motifs is 1. The van der Waals surface area contributed by atoms with Crippen molar-refractivity contribution in [2.24, 2.45) is 28.7 Å². The Hall–Kier alpha value is -1.51. The summed E-state index contributed by atoms with van der Waals surface area (Å²) in [5.74, 6) is -1.30. The lowest BCUT2D eigenvalue weighted by Crippen LogP contribution is -2.49. The average Bonchev–Trinajstić information content (AvgIpc) is 3.33. The minimum absolute atomic E-state index is 0.000403. The van der Waals surface area contributed by atoms with E-state index in [4.69, 9.17) is 0 Å². The SMILES string of the molecule is O=C1C2C(N=CN1CC(=O)N1CCCC1)SCC2C1C=CC(C(F)(F)F)CC1. The lowest BCUT2D eigenvalue weighted by Gasteiger charge is -2.35. The van der Waals surface area contributed by atoms with E-state index >= 15 is 0 Å². The fraction of sp³-hybridized carbons (Fsp3) is 0.737. The van der Waals surface area contributed by atoms with Crippen molar-refractivity contribution < 1.29 is 22.8 Å². The Morgan fingerprint density at radius 1 is 1.21 bits per heavy atom. The maximum Gasteiger partial charge on any atom is 0.395 e. The molecule has 154 valence electrons. The van der Waals surface area contributed by atoms with Crippen molar-refractivity contribution >= 4 is 29.9 Å². The quantitative estimate of drug-likeness (QED) is 0.666. The van der Waals surface area contributed by atoms with E-state index in [1.54, 1.807) is 22.7 Å². The highest BCUT2D eigenvalue weighted by Crippen LogP contribution is 2.47. The van der Waals surface area contributed by atoms with E-state index in [-0.39, 0.29) is 47.9 Å². The van der Waals surface area contributed by atoms with Crippen molar-refractivity contribution in [2.75, 3.05) is 25.4 Å². The van der Waals surface area contributed by atoms with Crippen molar-refractivity contribution in [3.63, 3.8) is 0 Å². The molecule has 9 heteroatoms. The molecule has 5 nitrogen and oxygen atoms in total. The fourth-order valence-corrected chi connectivity index (χ4v) is 6.20. The van der Waals surface area contributed by atoms with Gasteiger partial charge in [-0.25, -0.2) is 0 Å². The molecule has 2 saturated heterocycles. The van der Waals surface area contributed by atoms with Gasteiger partial charge in [0.15, 0.2) is 0 Å². The molecule has 0 bridgehead atoms. The standard InChI is InChI=1S/C19H24F3N3O2S/c20-19(21,22)13-5-3-12(4-6-13)14-10-28-17-16(14)18(27)25(11-23-17)9-15(26)24-7-1-2-8-24/h3,5,11-14,16-17H,1-2,4,6-10H2. The van der Waals surface area contributed by atoms with Gasteiger partial charge < -0.3 is 4.90 Å². The second-order valence-corrected chi connectivity index (χ2v) is 9.16. The molecule has 0 saturated carbocycles. The highest BCUT2D eigenvalue weighted by Gasteiger charge is 2.49. The zero-order valence-electron chi connectivity index (χ0n) is 15.5. The number of likely N-dealkylation sites (tertiary alicyclic amines) is 1. The van der Waals surface area contributed by atoms with E-state index in [1.807, 2.05) is 0 Å². The molecule has 0 aromatic heterocycles. The number of nitrogens with zero attached hydrogens (tertiary/aromatic N) is 3. The third kappa shape index (κ3) is 3.82. The number of hydrogen-bond donors (Lipinski definition) is 0. The van der Waals surface area contributed by atoms with Crippen LogP contribution in [0, 0.1) is 23.7 Å². The topological polar surface area (TPSA) is 53.0 Å². The van der Waals surface area contributed by atoms with Crippen LogP contribution in [0.25, 0.3) is 0 Å². The molecule has 5 unspecified atom stereocenters. The van der Waals surface area contributed by atoms with Crippen LogP contribution in [-0.4, -0.2) is 64.9 Å². The van der Waals surface area contributed by atoms with Gasteiger partial charge in [0.1, 0.15) is 11.9 Å². The lowest BCUT2D eigenvalue weighted by molar-refractivity contribution is -0.165. The van der Waals surface area contributed by atoms with Crippen LogP contribution in [-0.2, 0) is 9.59 Å². The smallest absolute Gasteiger partial charge is 0.341 e. The second-order valence-electron chi connectivity index (χ2n) is 8.01. The zero-order chi connectivity index (χ0) is 19.9. The normalized spacial score (nSPS) is 35.5. The van der Waals surface area contributed by atoms with Gasteiger partial charge in [-0.3, -0.25) is 19.5 Å². The van der Waals surface area contributed by atoms with Crippen molar-refractivity contribution in [2.45, 2.75) is 37.2 Å². The number of carbonyl (C=O) groups is 2. The van der Waals surface area contributed by atoms with E-state index in [0.29, 0.717) is 12.2 Å². The number of allylic oxidation sites excluding steroid dienone is 2. The largest absolute Gasteiger partial charge is 0.395 e. The number of amides is 2. The Morgan fingerprint density at radius 2 is 1.96 bits per heavy atom. The van der Waals surface area contributed by atoms with Crippen LogP contribution >= 0.6 is 11.8 Å². The third-order valence-corrected chi connectivity index (χ3v) is 7.62. The molecule has 0 aromatic carbocycles. The molecule has 2 fully saturated rings. The number of rotatable bonds is 3. The number of carbonyl (C=O) groups excluding carboxylic acids is 2. The molecule has 5 atom stereocenters. The summed E-state index contributed by atoms with van der Waals surface area (Å²) in [6, 6.07) is 0. The molecule has 28 heavy (non-hydrogen) atoms. The monoisotopic (exact) mass is 415 g/mol. The van der Waals surface area contributed by atoms with Gasteiger partial charge in [-0.15, -0.1) is 11.8 Å². The number of halogens is 3. The zero-order valence-corrected chi connectivity index (χ0v) is 16.3. The predicted molar refractivity (Wildman–Crippen MR) is 101 cm³/mol. The van der Waals surface area contributed by atoms with E-state index in [1.165, 1.54) is 17.3 Å². The van der Waals surface area contributed by atoms with E-state index < -0.39 is 12.1 Å². The van der Waals surface area contributed by atoms with Gasteiger partial charge in [0.25, 0.3) is 0 Å². The van der Waals surface area contributed by atoms with Gasteiger partial charge in [-0.1, -0.05) is 12.2 Å². The molecule has 0 spiro atoms. The number of alkyl halides is 3. The van der Waals surface area contributed by atoms with Gasteiger partial charge in [-0.2, -0.15) is 13.2 Å². The van der Waals surface area contributed by atoms with Crippen LogP contribution in [0.2, 0.25) is 0 Å². The Morgan fingerprint density at radius 3 is 2.61 bits per heavy atom. The Bertz CT molecular complexity index is 690. The second kappa shape index (κ2) is 7.72. The van der Waals surface area contributed by atoms with Gasteiger partial charge in [-0.05, 0) is 43.3 Å². The minimum Gasteiger partial charge on any atom is -0.341 e. The highest BCUT2D eigenvalue weighted by atomic mass is 32.2. The van der Waals surface area contributed by atoms with E-state index in [9.17, 15) is 22.8 Å². The van der Waals surface area contributed by atoms with Crippen LogP contribution in [0.1, 0.15) is 25.7 Å². The van der Waals surface area contributed by atoms with Gasteiger partial charge in [0.2, 0.25) is 11.8 Å². The molecule has 1 aliphatic carbocycles. The maximum absolute atomic E-state index is 13.1. The Kier molecular flexibility index (Phi) is 5.46. The first-order valence-electron chi connectivity index (χ1n) is 9.83. The van der Waals surface area contributed by atoms with Gasteiger partial charge in [0.05, 0.1) is 18.2 Å². The minimum atomic E-state index is -4.20. The summed E-state index contributed by atoms with van der Waals surface area (Å²) in [5.41, 5.74) is 0. The van der Waals surface area contributed by atoms with Gasteiger partial charge >= 0.3 is 6.18 Å². The molecular weight excluding hydrogens is 391 g/mol. The summed E-state index contributed by atoms with van der Waals surface area (Å²) in [4.78, 5) is 33.1. The first-order chi connectivity index (χ1) is 13.3. The van der Waals surface area contributed by atoms with Crippen LogP contribution < -0.4 is 0 Å². The number of hydrogen-bond acceptors (Lipinski definition) is 4. The molecule has 2 amide bonds. The molecule has 4 aliphatic rings. The lowest BCUT2D eigenvalue weighted by atomic mass is 9.75. The van der Waals surface area contributed by atoms with Crippen LogP contribution in [0.15, 0.2) is 17.1 Å². The van der Waals surface area contributed by atoms with Crippen molar-refractivity contribution in [1.82, 2.24) is 9.80 Å². The van der Waals surface area contributed by atoms with E-state index in [0.717, 1.165) is 25.9 Å². The predicted octanol–water partition coefficient (Wildman–Crippen LogP) is 2.93. The summed E-state index contributed by atoms with van der Waals surface area (Å²) in [5, 5.41) is -0.190. The van der Waals surface area contributed by atoms with Crippen molar-refractivity contribution in [3.05, 3.63) is 12.2 Å². The van der Waals surface area contributed by atoms with Crippen molar-refractivity contribution in [3.8, 4) is 0 Å². The molecular formula is C19H24F3N3O2S. The summed E-state index contributed by atoms with van der Waals surface area (Å²) < 4.78 is 38.7. The number of thioether (sulfide) groups is 1. The third-order valence-electron chi connectivity index (χ3n) is 6.29. The Labute approximate surface area is 166 Å². The van der Waals surface area contributed by atoms with Crippen LogP contribution in [0.3, 0.4) is 0 Å². The van der Waals surface area contributed by atoms with E-state index in [2.05, 4.69) is 4.99 Å². The Balaban J connectivity index is 1.43. The highest BCUT2D eigenvalue weighted by molar-refractivity contribution is 8.00. The first-order valence-corrected chi connectivity index (χ1v) is 10.9. The molecule has 4 rings (SSSR count). The molecule has 0 aromatic rings. The van der Waals surface area contributed by atoms with Crippen LogP contribution in [0.4, 0.5) is 13.2 Å². The summed E-state index contributed by atoms with van der Waals surface area (Å²) in [6.45, 7) is 1.46.